The third-order valence-electron chi connectivity index (χ3n) is 2.85. The third-order valence-corrected chi connectivity index (χ3v) is 2.85. The zero-order valence-corrected chi connectivity index (χ0v) is 10.5. The van der Waals surface area contributed by atoms with Crippen LogP contribution < -0.4 is 5.32 Å². The summed E-state index contributed by atoms with van der Waals surface area (Å²) >= 11 is 0. The molecule has 0 aliphatic heterocycles. The molecular weight excluding hydrogens is 210 g/mol. The highest BCUT2D eigenvalue weighted by molar-refractivity contribution is 5.59. The maximum absolute atomic E-state index is 4.35. The summed E-state index contributed by atoms with van der Waals surface area (Å²) in [5.41, 5.74) is 4.69. The van der Waals surface area contributed by atoms with E-state index in [1.54, 1.807) is 0 Å². The van der Waals surface area contributed by atoms with Crippen LogP contribution in [0.3, 0.4) is 0 Å². The summed E-state index contributed by atoms with van der Waals surface area (Å²) in [5, 5.41) is 10.6. The quantitative estimate of drug-likeness (QED) is 0.773. The summed E-state index contributed by atoms with van der Waals surface area (Å²) in [5.74, 6) is 0. The van der Waals surface area contributed by atoms with Crippen LogP contribution in [0.2, 0.25) is 0 Å². The summed E-state index contributed by atoms with van der Waals surface area (Å²) in [6.45, 7) is 3.14. The van der Waals surface area contributed by atoms with Crippen LogP contribution >= 0.6 is 0 Å². The van der Waals surface area contributed by atoms with Crippen molar-refractivity contribution in [1.82, 2.24) is 15.5 Å². The maximum atomic E-state index is 4.35. The van der Waals surface area contributed by atoms with Gasteiger partial charge in [0, 0.05) is 11.3 Å². The van der Waals surface area contributed by atoms with Crippen molar-refractivity contribution in [3.63, 3.8) is 0 Å². The van der Waals surface area contributed by atoms with Gasteiger partial charge < -0.3 is 5.32 Å². The molecule has 2 rings (SSSR count). The lowest BCUT2D eigenvalue weighted by atomic mass is 10.1. The number of hydrogen-bond donors (Lipinski definition) is 2. The van der Waals surface area contributed by atoms with Gasteiger partial charge in [0.1, 0.15) is 0 Å². The van der Waals surface area contributed by atoms with Crippen molar-refractivity contribution < 1.29 is 0 Å². The maximum Gasteiger partial charge on any atom is 0.0923 e. The number of nitrogens with one attached hydrogen (secondary N) is 2. The molecule has 90 valence electrons. The molecule has 0 saturated heterocycles. The first-order valence-corrected chi connectivity index (χ1v) is 6.05. The number of aryl methyl sites for hydroxylation is 2. The standard InChI is InChI=1S/C14H19N3/c1-11-5-7-12(8-6-11)14-10-13(16-17-14)4-3-9-15-2/h5-8,10,15H,3-4,9H2,1-2H3,(H,16,17). The first-order chi connectivity index (χ1) is 8.29. The molecule has 0 aliphatic carbocycles. The minimum Gasteiger partial charge on any atom is -0.320 e. The number of benzene rings is 1. The van der Waals surface area contributed by atoms with Gasteiger partial charge in [0.05, 0.1) is 5.69 Å². The zero-order valence-electron chi connectivity index (χ0n) is 10.5. The van der Waals surface area contributed by atoms with Gasteiger partial charge in [0.25, 0.3) is 0 Å². The summed E-state index contributed by atoms with van der Waals surface area (Å²) in [6.07, 6.45) is 2.17. The second-order valence-electron chi connectivity index (χ2n) is 4.35. The van der Waals surface area contributed by atoms with Crippen LogP contribution in [0, 0.1) is 6.92 Å². The van der Waals surface area contributed by atoms with E-state index in [1.807, 2.05) is 7.05 Å². The second kappa shape index (κ2) is 5.64. The van der Waals surface area contributed by atoms with E-state index < -0.39 is 0 Å². The van der Waals surface area contributed by atoms with Crippen molar-refractivity contribution in [2.45, 2.75) is 19.8 Å². The van der Waals surface area contributed by atoms with Crippen molar-refractivity contribution in [2.75, 3.05) is 13.6 Å². The van der Waals surface area contributed by atoms with E-state index in [0.29, 0.717) is 0 Å². The molecular formula is C14H19N3. The van der Waals surface area contributed by atoms with Crippen molar-refractivity contribution in [1.29, 1.82) is 0 Å². The fourth-order valence-electron chi connectivity index (χ4n) is 1.82. The Morgan fingerprint density at radius 3 is 2.71 bits per heavy atom. The van der Waals surface area contributed by atoms with Crippen LogP contribution in [0.5, 0.6) is 0 Å². The third kappa shape index (κ3) is 3.17. The Labute approximate surface area is 102 Å². The highest BCUT2D eigenvalue weighted by atomic mass is 15.1. The van der Waals surface area contributed by atoms with Gasteiger partial charge in [-0.05, 0) is 39.4 Å². The van der Waals surface area contributed by atoms with Gasteiger partial charge in [-0.1, -0.05) is 29.8 Å². The molecule has 3 heteroatoms. The van der Waals surface area contributed by atoms with Crippen LogP contribution in [0.25, 0.3) is 11.3 Å². The molecule has 0 radical (unpaired) electrons. The van der Waals surface area contributed by atoms with E-state index in [1.165, 1.54) is 16.8 Å². The average Bonchev–Trinajstić information content (AvgIpc) is 2.79. The Kier molecular flexibility index (Phi) is 3.94. The Hall–Kier alpha value is -1.61. The van der Waals surface area contributed by atoms with E-state index in [0.717, 1.165) is 25.1 Å². The number of rotatable bonds is 5. The van der Waals surface area contributed by atoms with Gasteiger partial charge >= 0.3 is 0 Å². The molecule has 0 atom stereocenters. The Morgan fingerprint density at radius 2 is 2.00 bits per heavy atom. The Bertz CT molecular complexity index is 457. The minimum atomic E-state index is 1.03. The van der Waals surface area contributed by atoms with Crippen molar-refractivity contribution in [3.05, 3.63) is 41.6 Å². The number of nitrogens with zero attached hydrogens (tertiary/aromatic N) is 1. The van der Waals surface area contributed by atoms with E-state index in [-0.39, 0.29) is 0 Å². The van der Waals surface area contributed by atoms with Gasteiger partial charge in [-0.2, -0.15) is 5.10 Å². The van der Waals surface area contributed by atoms with Crippen LogP contribution in [-0.2, 0) is 6.42 Å². The molecule has 2 aromatic rings. The first kappa shape index (κ1) is 11.9. The smallest absolute Gasteiger partial charge is 0.0923 e. The van der Waals surface area contributed by atoms with Crippen LogP contribution in [-0.4, -0.2) is 23.8 Å². The molecule has 0 amide bonds. The van der Waals surface area contributed by atoms with Gasteiger partial charge in [-0.3, -0.25) is 5.10 Å². The lowest BCUT2D eigenvalue weighted by Crippen LogP contribution is -2.08. The molecule has 17 heavy (non-hydrogen) atoms. The van der Waals surface area contributed by atoms with Crippen LogP contribution in [0.4, 0.5) is 0 Å². The van der Waals surface area contributed by atoms with Crippen molar-refractivity contribution >= 4 is 0 Å². The minimum absolute atomic E-state index is 1.03. The predicted molar refractivity (Wildman–Crippen MR) is 71.0 cm³/mol. The number of aromatic amines is 1. The molecule has 0 bridgehead atoms. The zero-order chi connectivity index (χ0) is 12.1. The van der Waals surface area contributed by atoms with Crippen LogP contribution in [0.15, 0.2) is 30.3 Å². The van der Waals surface area contributed by atoms with E-state index in [2.05, 4.69) is 52.8 Å². The summed E-state index contributed by atoms with van der Waals surface area (Å²) in [7, 11) is 1.98. The van der Waals surface area contributed by atoms with Gasteiger partial charge in [-0.15, -0.1) is 0 Å². The fourth-order valence-corrected chi connectivity index (χ4v) is 1.82. The second-order valence-corrected chi connectivity index (χ2v) is 4.35. The molecule has 0 aliphatic rings. The lowest BCUT2D eigenvalue weighted by Gasteiger charge is -1.97. The van der Waals surface area contributed by atoms with Gasteiger partial charge in [-0.25, -0.2) is 0 Å². The SMILES string of the molecule is CNCCCc1cc(-c2ccc(C)cc2)n[nH]1. The summed E-state index contributed by atoms with van der Waals surface area (Å²) in [4.78, 5) is 0. The predicted octanol–water partition coefficient (Wildman–Crippen LogP) is 2.54. The monoisotopic (exact) mass is 229 g/mol. The van der Waals surface area contributed by atoms with E-state index in [9.17, 15) is 0 Å². The van der Waals surface area contributed by atoms with Crippen molar-refractivity contribution in [2.24, 2.45) is 0 Å². The normalized spacial score (nSPS) is 10.7. The van der Waals surface area contributed by atoms with Gasteiger partial charge in [0.2, 0.25) is 0 Å². The average molecular weight is 229 g/mol. The Morgan fingerprint density at radius 1 is 1.24 bits per heavy atom. The van der Waals surface area contributed by atoms with Gasteiger partial charge in [0.15, 0.2) is 0 Å². The lowest BCUT2D eigenvalue weighted by molar-refractivity contribution is 0.713. The van der Waals surface area contributed by atoms with Crippen LogP contribution in [0.1, 0.15) is 17.7 Å². The topological polar surface area (TPSA) is 40.7 Å². The molecule has 1 aromatic heterocycles. The molecule has 0 fully saturated rings. The van der Waals surface area contributed by atoms with E-state index in [4.69, 9.17) is 0 Å². The Balaban J connectivity index is 2.04. The highest BCUT2D eigenvalue weighted by Gasteiger charge is 2.03. The van der Waals surface area contributed by atoms with Crippen molar-refractivity contribution in [3.8, 4) is 11.3 Å². The largest absolute Gasteiger partial charge is 0.320 e. The summed E-state index contributed by atoms with van der Waals surface area (Å²) in [6, 6.07) is 10.6. The molecule has 0 saturated carbocycles. The molecule has 0 unspecified atom stereocenters. The molecule has 3 nitrogen and oxygen atoms in total. The number of hydrogen-bond acceptors (Lipinski definition) is 2. The molecule has 2 N–H and O–H groups in total. The summed E-state index contributed by atoms with van der Waals surface area (Å²) < 4.78 is 0. The molecule has 0 spiro atoms. The van der Waals surface area contributed by atoms with E-state index >= 15 is 0 Å². The number of aromatic nitrogens is 2. The first-order valence-electron chi connectivity index (χ1n) is 6.05. The highest BCUT2D eigenvalue weighted by Crippen LogP contribution is 2.18. The molecule has 1 aromatic carbocycles. The molecule has 1 heterocycles. The fraction of sp³-hybridized carbons (Fsp3) is 0.357. The number of H-pyrrole nitrogens is 1.